The van der Waals surface area contributed by atoms with Crippen LogP contribution in [-0.2, 0) is 0 Å². The van der Waals surface area contributed by atoms with Gasteiger partial charge >= 0.3 is 0 Å². The molecule has 1 aliphatic rings. The lowest BCUT2D eigenvalue weighted by atomic mass is 10.1. The highest BCUT2D eigenvalue weighted by atomic mass is 16.1. The summed E-state index contributed by atoms with van der Waals surface area (Å²) in [5.41, 5.74) is 3.21. The van der Waals surface area contributed by atoms with E-state index in [2.05, 4.69) is 32.5 Å². The van der Waals surface area contributed by atoms with Gasteiger partial charge in [0.15, 0.2) is 5.69 Å². The van der Waals surface area contributed by atoms with Crippen LogP contribution in [0.1, 0.15) is 55.2 Å². The predicted molar refractivity (Wildman–Crippen MR) is 96.6 cm³/mol. The Bertz CT molecular complexity index is 674. The second-order valence-corrected chi connectivity index (χ2v) is 6.55. The monoisotopic (exact) mass is 324 g/mol. The van der Waals surface area contributed by atoms with Crippen molar-refractivity contribution in [1.29, 1.82) is 0 Å². The molecule has 24 heavy (non-hydrogen) atoms. The third kappa shape index (κ3) is 3.91. The van der Waals surface area contributed by atoms with Crippen molar-refractivity contribution in [1.82, 2.24) is 10.2 Å². The molecule has 0 saturated carbocycles. The summed E-state index contributed by atoms with van der Waals surface area (Å²) in [4.78, 5) is 14.7. The van der Waals surface area contributed by atoms with E-state index in [4.69, 9.17) is 0 Å². The van der Waals surface area contributed by atoms with Gasteiger partial charge in [-0.15, -0.1) is 5.10 Å². The van der Waals surface area contributed by atoms with Crippen LogP contribution < -0.4 is 10.2 Å². The summed E-state index contributed by atoms with van der Waals surface area (Å²) in [6.45, 7) is 6.33. The molecule has 3 rings (SSSR count). The number of benzene rings is 1. The molecule has 1 aromatic carbocycles. The van der Waals surface area contributed by atoms with Crippen molar-refractivity contribution in [3.63, 3.8) is 0 Å². The van der Waals surface area contributed by atoms with Crippen molar-refractivity contribution >= 4 is 17.3 Å². The number of carbonyl (C=O) groups is 1. The Kier molecular flexibility index (Phi) is 5.08. The summed E-state index contributed by atoms with van der Waals surface area (Å²) < 4.78 is 0. The van der Waals surface area contributed by atoms with Gasteiger partial charge in [-0.05, 0) is 61.6 Å². The van der Waals surface area contributed by atoms with Crippen LogP contribution in [0.25, 0.3) is 0 Å². The molecular formula is C19H24N4O. The summed E-state index contributed by atoms with van der Waals surface area (Å²) in [6.07, 6.45) is 3.83. The number of nitrogens with zero attached hydrogens (tertiary/aromatic N) is 3. The summed E-state index contributed by atoms with van der Waals surface area (Å²) >= 11 is 0. The van der Waals surface area contributed by atoms with Gasteiger partial charge in [0.05, 0.1) is 5.69 Å². The van der Waals surface area contributed by atoms with E-state index in [1.165, 1.54) is 24.9 Å². The highest BCUT2D eigenvalue weighted by Crippen LogP contribution is 2.22. The number of anilines is 2. The molecule has 0 aliphatic carbocycles. The maximum Gasteiger partial charge on any atom is 0.276 e. The second kappa shape index (κ2) is 7.43. The molecule has 0 atom stereocenters. The molecule has 2 aromatic rings. The summed E-state index contributed by atoms with van der Waals surface area (Å²) in [5, 5.41) is 11.0. The van der Waals surface area contributed by atoms with Crippen LogP contribution in [0, 0.1) is 0 Å². The molecule has 1 aliphatic heterocycles. The molecule has 0 radical (unpaired) electrons. The van der Waals surface area contributed by atoms with E-state index in [-0.39, 0.29) is 5.91 Å². The van der Waals surface area contributed by atoms with E-state index in [1.807, 2.05) is 32.0 Å². The average Bonchev–Trinajstić information content (AvgIpc) is 2.63. The molecule has 1 saturated heterocycles. The number of nitrogens with one attached hydrogen (secondary N) is 1. The number of amides is 1. The summed E-state index contributed by atoms with van der Waals surface area (Å²) in [7, 11) is 0. The van der Waals surface area contributed by atoms with Gasteiger partial charge < -0.3 is 10.2 Å². The first kappa shape index (κ1) is 16.4. The lowest BCUT2D eigenvalue weighted by molar-refractivity contribution is 0.102. The zero-order valence-electron chi connectivity index (χ0n) is 14.3. The van der Waals surface area contributed by atoms with E-state index in [0.29, 0.717) is 11.6 Å². The van der Waals surface area contributed by atoms with Crippen LogP contribution in [0.4, 0.5) is 11.4 Å². The minimum absolute atomic E-state index is 0.233. The fourth-order valence-corrected chi connectivity index (χ4v) is 2.87. The molecule has 1 aromatic heterocycles. The minimum atomic E-state index is -0.233. The van der Waals surface area contributed by atoms with Crippen LogP contribution in [0.2, 0.25) is 0 Å². The average molecular weight is 324 g/mol. The SMILES string of the molecule is CC(C)c1ccc(C(=O)Nc2ccc(N3CCCCC3)cc2)nn1. The molecular weight excluding hydrogens is 300 g/mol. The van der Waals surface area contributed by atoms with Gasteiger partial charge in [-0.3, -0.25) is 4.79 Å². The van der Waals surface area contributed by atoms with E-state index < -0.39 is 0 Å². The van der Waals surface area contributed by atoms with Gasteiger partial charge in [-0.2, -0.15) is 5.10 Å². The van der Waals surface area contributed by atoms with Crippen LogP contribution in [-0.4, -0.2) is 29.2 Å². The highest BCUT2D eigenvalue weighted by molar-refractivity contribution is 6.02. The minimum Gasteiger partial charge on any atom is -0.372 e. The Morgan fingerprint density at radius 2 is 1.71 bits per heavy atom. The van der Waals surface area contributed by atoms with Gasteiger partial charge in [-0.1, -0.05) is 13.8 Å². The van der Waals surface area contributed by atoms with E-state index in [0.717, 1.165) is 24.5 Å². The molecule has 2 heterocycles. The van der Waals surface area contributed by atoms with E-state index >= 15 is 0 Å². The molecule has 5 nitrogen and oxygen atoms in total. The topological polar surface area (TPSA) is 58.1 Å². The standard InChI is InChI=1S/C19H24N4O/c1-14(2)17-10-11-18(22-21-17)19(24)20-15-6-8-16(9-7-15)23-12-4-3-5-13-23/h6-11,14H,3-5,12-13H2,1-2H3,(H,20,24). The molecule has 126 valence electrons. The highest BCUT2D eigenvalue weighted by Gasteiger charge is 2.12. The third-order valence-corrected chi connectivity index (χ3v) is 4.36. The lowest BCUT2D eigenvalue weighted by Crippen LogP contribution is -2.29. The molecule has 1 N–H and O–H groups in total. The normalized spacial score (nSPS) is 14.7. The van der Waals surface area contributed by atoms with Gasteiger partial charge in [-0.25, -0.2) is 0 Å². The van der Waals surface area contributed by atoms with Crippen molar-refractivity contribution in [2.75, 3.05) is 23.3 Å². The van der Waals surface area contributed by atoms with Crippen molar-refractivity contribution in [2.24, 2.45) is 0 Å². The Balaban J connectivity index is 1.63. The number of hydrogen-bond acceptors (Lipinski definition) is 4. The van der Waals surface area contributed by atoms with Crippen molar-refractivity contribution in [2.45, 2.75) is 39.0 Å². The Hall–Kier alpha value is -2.43. The second-order valence-electron chi connectivity index (χ2n) is 6.55. The Morgan fingerprint density at radius 3 is 2.29 bits per heavy atom. The van der Waals surface area contributed by atoms with Crippen LogP contribution in [0.3, 0.4) is 0 Å². The first-order valence-corrected chi connectivity index (χ1v) is 8.63. The van der Waals surface area contributed by atoms with Crippen molar-refractivity contribution in [3.8, 4) is 0 Å². The fraction of sp³-hybridized carbons (Fsp3) is 0.421. The molecule has 1 amide bonds. The number of rotatable bonds is 4. The van der Waals surface area contributed by atoms with Gasteiger partial charge in [0.2, 0.25) is 0 Å². The molecule has 5 heteroatoms. The zero-order valence-corrected chi connectivity index (χ0v) is 14.3. The Morgan fingerprint density at radius 1 is 1.00 bits per heavy atom. The summed E-state index contributed by atoms with van der Waals surface area (Å²) in [5.74, 6) is 0.0699. The van der Waals surface area contributed by atoms with Gasteiger partial charge in [0, 0.05) is 24.5 Å². The van der Waals surface area contributed by atoms with E-state index in [9.17, 15) is 4.79 Å². The third-order valence-electron chi connectivity index (χ3n) is 4.36. The van der Waals surface area contributed by atoms with E-state index in [1.54, 1.807) is 6.07 Å². The maximum absolute atomic E-state index is 12.3. The van der Waals surface area contributed by atoms with Crippen molar-refractivity contribution < 1.29 is 4.79 Å². The molecule has 0 unspecified atom stereocenters. The van der Waals surface area contributed by atoms with Crippen LogP contribution >= 0.6 is 0 Å². The smallest absolute Gasteiger partial charge is 0.276 e. The summed E-state index contributed by atoms with van der Waals surface area (Å²) in [6, 6.07) is 11.6. The first-order valence-electron chi connectivity index (χ1n) is 8.63. The molecule has 1 fully saturated rings. The van der Waals surface area contributed by atoms with Crippen LogP contribution in [0.15, 0.2) is 36.4 Å². The predicted octanol–water partition coefficient (Wildman–Crippen LogP) is 3.84. The number of hydrogen-bond donors (Lipinski definition) is 1. The van der Waals surface area contributed by atoms with Gasteiger partial charge in [0.25, 0.3) is 5.91 Å². The maximum atomic E-state index is 12.3. The Labute approximate surface area is 143 Å². The quantitative estimate of drug-likeness (QED) is 0.928. The number of piperidine rings is 1. The largest absolute Gasteiger partial charge is 0.372 e. The lowest BCUT2D eigenvalue weighted by Gasteiger charge is -2.28. The first-order chi connectivity index (χ1) is 11.6. The van der Waals surface area contributed by atoms with Gasteiger partial charge in [0.1, 0.15) is 0 Å². The molecule has 0 spiro atoms. The number of aromatic nitrogens is 2. The zero-order chi connectivity index (χ0) is 16.9. The molecule has 0 bridgehead atoms. The van der Waals surface area contributed by atoms with Crippen molar-refractivity contribution in [3.05, 3.63) is 47.8 Å². The number of carbonyl (C=O) groups excluding carboxylic acids is 1. The fourth-order valence-electron chi connectivity index (χ4n) is 2.87. The van der Waals surface area contributed by atoms with Crippen LogP contribution in [0.5, 0.6) is 0 Å².